The number of aliphatic hydroxyl groups excluding tert-OH is 1. The Labute approximate surface area is 144 Å². The van der Waals surface area contributed by atoms with Gasteiger partial charge in [-0.2, -0.15) is 5.10 Å². The average Bonchev–Trinajstić information content (AvgIpc) is 3.21. The highest BCUT2D eigenvalue weighted by atomic mass is 16.5. The highest BCUT2D eigenvalue weighted by Crippen LogP contribution is 2.12. The van der Waals surface area contributed by atoms with E-state index in [1.54, 1.807) is 0 Å². The van der Waals surface area contributed by atoms with Crippen LogP contribution in [0.4, 0.5) is 0 Å². The van der Waals surface area contributed by atoms with Gasteiger partial charge in [0.1, 0.15) is 0 Å². The molecule has 3 heterocycles. The van der Waals surface area contributed by atoms with Gasteiger partial charge in [-0.3, -0.25) is 14.5 Å². The number of β-amino-alcohol motifs (C(OH)–C–C–N with tert-alkyl or cyclic N) is 1. The quantitative estimate of drug-likeness (QED) is 0.725. The Morgan fingerprint density at radius 2 is 2.12 bits per heavy atom. The van der Waals surface area contributed by atoms with Gasteiger partial charge < -0.3 is 14.6 Å². The first-order valence-electron chi connectivity index (χ1n) is 8.98. The number of nitrogens with zero attached hydrogens (tertiary/aromatic N) is 4. The zero-order chi connectivity index (χ0) is 16.8. The number of piperazine rings is 1. The summed E-state index contributed by atoms with van der Waals surface area (Å²) in [6, 6.07) is 0. The fraction of sp³-hybridized carbons (Fsp3) is 0.824. The maximum Gasteiger partial charge on any atom is 0.0900 e. The first-order valence-corrected chi connectivity index (χ1v) is 8.98. The molecule has 2 aliphatic heterocycles. The smallest absolute Gasteiger partial charge is 0.0900 e. The second-order valence-corrected chi connectivity index (χ2v) is 6.93. The second-order valence-electron chi connectivity index (χ2n) is 6.93. The second kappa shape index (κ2) is 8.92. The Morgan fingerprint density at radius 1 is 1.33 bits per heavy atom. The Balaban J connectivity index is 1.28. The summed E-state index contributed by atoms with van der Waals surface area (Å²) < 4.78 is 13.0. The SMILES string of the molecule is Cn1cc(CN2CCN(C[C@@H](O)COC[C@H]3CCCO3)CC2)cn1. The predicted molar refractivity (Wildman–Crippen MR) is 90.7 cm³/mol. The minimum Gasteiger partial charge on any atom is -0.389 e. The largest absolute Gasteiger partial charge is 0.389 e. The molecule has 0 bridgehead atoms. The summed E-state index contributed by atoms with van der Waals surface area (Å²) in [4.78, 5) is 4.76. The molecule has 1 aromatic heterocycles. The summed E-state index contributed by atoms with van der Waals surface area (Å²) in [7, 11) is 1.95. The third kappa shape index (κ3) is 5.53. The van der Waals surface area contributed by atoms with Crippen molar-refractivity contribution in [3.05, 3.63) is 18.0 Å². The van der Waals surface area contributed by atoms with E-state index in [0.29, 0.717) is 19.8 Å². The van der Waals surface area contributed by atoms with E-state index in [1.807, 2.05) is 17.9 Å². The standard InChI is InChI=1S/C17H30N4O3/c1-19-10-15(9-18-19)11-20-4-6-21(7-5-20)12-16(22)13-23-14-17-3-2-8-24-17/h9-10,16-17,22H,2-8,11-14H2,1H3/t16-,17-/m1/s1. The molecule has 7 nitrogen and oxygen atoms in total. The topological polar surface area (TPSA) is 63.0 Å². The first-order chi connectivity index (χ1) is 11.7. The highest BCUT2D eigenvalue weighted by molar-refractivity contribution is 5.03. The van der Waals surface area contributed by atoms with Gasteiger partial charge in [-0.15, -0.1) is 0 Å². The fourth-order valence-corrected chi connectivity index (χ4v) is 3.40. The number of aromatic nitrogens is 2. The maximum absolute atomic E-state index is 10.1. The molecular formula is C17H30N4O3. The molecule has 0 aromatic carbocycles. The number of hydrogen-bond donors (Lipinski definition) is 1. The zero-order valence-electron chi connectivity index (χ0n) is 14.6. The Kier molecular flexibility index (Phi) is 6.62. The molecule has 0 radical (unpaired) electrons. The van der Waals surface area contributed by atoms with Crippen molar-refractivity contribution < 1.29 is 14.6 Å². The van der Waals surface area contributed by atoms with Crippen molar-refractivity contribution in [2.45, 2.75) is 31.6 Å². The van der Waals surface area contributed by atoms with Gasteiger partial charge in [0.2, 0.25) is 0 Å². The van der Waals surface area contributed by atoms with Crippen molar-refractivity contribution in [2.75, 3.05) is 52.5 Å². The third-order valence-electron chi connectivity index (χ3n) is 4.74. The summed E-state index contributed by atoms with van der Waals surface area (Å²) in [5, 5.41) is 14.4. The van der Waals surface area contributed by atoms with Crippen LogP contribution in [0, 0.1) is 0 Å². The normalized spacial score (nSPS) is 24.5. The lowest BCUT2D eigenvalue weighted by Gasteiger charge is -2.35. The molecule has 3 rings (SSSR count). The molecule has 7 heteroatoms. The van der Waals surface area contributed by atoms with Crippen LogP contribution in [-0.2, 0) is 23.1 Å². The van der Waals surface area contributed by atoms with E-state index < -0.39 is 6.10 Å². The number of aliphatic hydroxyl groups is 1. The van der Waals surface area contributed by atoms with Gasteiger partial charge in [0.15, 0.2) is 0 Å². The van der Waals surface area contributed by atoms with Gasteiger partial charge in [-0.25, -0.2) is 0 Å². The third-order valence-corrected chi connectivity index (χ3v) is 4.74. The monoisotopic (exact) mass is 338 g/mol. The molecule has 0 spiro atoms. The van der Waals surface area contributed by atoms with Crippen LogP contribution in [-0.4, -0.2) is 89.4 Å². The number of rotatable bonds is 8. The fourth-order valence-electron chi connectivity index (χ4n) is 3.40. The molecular weight excluding hydrogens is 308 g/mol. The van der Waals surface area contributed by atoms with Crippen molar-refractivity contribution in [1.82, 2.24) is 19.6 Å². The van der Waals surface area contributed by atoms with E-state index in [9.17, 15) is 5.11 Å². The van der Waals surface area contributed by atoms with Crippen LogP contribution in [0.2, 0.25) is 0 Å². The van der Waals surface area contributed by atoms with E-state index in [1.165, 1.54) is 5.56 Å². The molecule has 2 atom stereocenters. The lowest BCUT2D eigenvalue weighted by atomic mass is 10.2. The lowest BCUT2D eigenvalue weighted by Crippen LogP contribution is -2.48. The van der Waals surface area contributed by atoms with Crippen LogP contribution in [0.25, 0.3) is 0 Å². The van der Waals surface area contributed by atoms with Crippen molar-refractivity contribution >= 4 is 0 Å². The first kappa shape index (κ1) is 17.8. The van der Waals surface area contributed by atoms with Gasteiger partial charge in [-0.1, -0.05) is 0 Å². The van der Waals surface area contributed by atoms with Crippen LogP contribution in [0.5, 0.6) is 0 Å². The molecule has 24 heavy (non-hydrogen) atoms. The molecule has 2 fully saturated rings. The number of aryl methyl sites for hydroxylation is 1. The van der Waals surface area contributed by atoms with Crippen molar-refractivity contribution in [3.63, 3.8) is 0 Å². The van der Waals surface area contributed by atoms with E-state index in [-0.39, 0.29) is 6.10 Å². The van der Waals surface area contributed by atoms with Gasteiger partial charge in [0, 0.05) is 64.7 Å². The minimum absolute atomic E-state index is 0.230. The van der Waals surface area contributed by atoms with Crippen LogP contribution < -0.4 is 0 Å². The van der Waals surface area contributed by atoms with Crippen LogP contribution in [0.1, 0.15) is 18.4 Å². The molecule has 0 saturated carbocycles. The van der Waals surface area contributed by atoms with Crippen LogP contribution >= 0.6 is 0 Å². The van der Waals surface area contributed by atoms with Gasteiger partial charge in [0.05, 0.1) is 31.6 Å². The summed E-state index contributed by atoms with van der Waals surface area (Å²) in [6.07, 6.45) is 6.02. The molecule has 136 valence electrons. The summed E-state index contributed by atoms with van der Waals surface area (Å²) in [6.45, 7) is 7.52. The van der Waals surface area contributed by atoms with Crippen molar-refractivity contribution in [1.29, 1.82) is 0 Å². The van der Waals surface area contributed by atoms with Crippen LogP contribution in [0.15, 0.2) is 12.4 Å². The van der Waals surface area contributed by atoms with E-state index in [0.717, 1.165) is 52.2 Å². The zero-order valence-corrected chi connectivity index (χ0v) is 14.6. The van der Waals surface area contributed by atoms with E-state index in [2.05, 4.69) is 21.1 Å². The maximum atomic E-state index is 10.1. The lowest BCUT2D eigenvalue weighted by molar-refractivity contribution is -0.0287. The molecule has 0 unspecified atom stereocenters. The Bertz CT molecular complexity index is 482. The average molecular weight is 338 g/mol. The number of ether oxygens (including phenoxy) is 2. The number of hydrogen-bond acceptors (Lipinski definition) is 6. The Hall–Kier alpha value is -0.990. The van der Waals surface area contributed by atoms with Gasteiger partial charge in [-0.05, 0) is 12.8 Å². The van der Waals surface area contributed by atoms with Gasteiger partial charge >= 0.3 is 0 Å². The predicted octanol–water partition coefficient (Wildman–Crippen LogP) is 0.0942. The molecule has 1 N–H and O–H groups in total. The molecule has 2 aliphatic rings. The summed E-state index contributed by atoms with van der Waals surface area (Å²) >= 11 is 0. The molecule has 2 saturated heterocycles. The molecule has 1 aromatic rings. The minimum atomic E-state index is -0.420. The molecule has 0 aliphatic carbocycles. The van der Waals surface area contributed by atoms with E-state index in [4.69, 9.17) is 9.47 Å². The van der Waals surface area contributed by atoms with Crippen molar-refractivity contribution in [2.24, 2.45) is 7.05 Å². The van der Waals surface area contributed by atoms with Crippen LogP contribution in [0.3, 0.4) is 0 Å². The highest BCUT2D eigenvalue weighted by Gasteiger charge is 2.20. The Morgan fingerprint density at radius 3 is 2.79 bits per heavy atom. The summed E-state index contributed by atoms with van der Waals surface area (Å²) in [5.41, 5.74) is 1.26. The molecule has 0 amide bonds. The van der Waals surface area contributed by atoms with E-state index >= 15 is 0 Å². The van der Waals surface area contributed by atoms with Gasteiger partial charge in [0.25, 0.3) is 0 Å². The van der Waals surface area contributed by atoms with Crippen molar-refractivity contribution in [3.8, 4) is 0 Å². The summed E-state index contributed by atoms with van der Waals surface area (Å²) in [5.74, 6) is 0.